The van der Waals surface area contributed by atoms with Gasteiger partial charge in [-0.1, -0.05) is 0 Å². The zero-order valence-corrected chi connectivity index (χ0v) is 21.0. The molecule has 0 bridgehead atoms. The topological polar surface area (TPSA) is 72.0 Å². The van der Waals surface area contributed by atoms with Gasteiger partial charge in [0.15, 0.2) is 0 Å². The van der Waals surface area contributed by atoms with Crippen molar-refractivity contribution >= 4 is 56.4 Å². The molecule has 1 atom stereocenters. The van der Waals surface area contributed by atoms with Crippen molar-refractivity contribution in [3.8, 4) is 17.0 Å². The predicted molar refractivity (Wildman–Crippen MR) is 124 cm³/mol. The second kappa shape index (κ2) is 11.6. The second-order valence-corrected chi connectivity index (χ2v) is 12.8. The number of hydrogen-bond donors (Lipinski definition) is 2. The van der Waals surface area contributed by atoms with E-state index < -0.39 is 11.7 Å². The van der Waals surface area contributed by atoms with E-state index in [4.69, 9.17) is 4.74 Å². The van der Waals surface area contributed by atoms with Gasteiger partial charge in [-0.2, -0.15) is 13.2 Å². The highest BCUT2D eigenvalue weighted by atomic mass is 79.9. The first-order chi connectivity index (χ1) is 14.1. The molecule has 30 heavy (non-hydrogen) atoms. The van der Waals surface area contributed by atoms with E-state index >= 15 is 0 Å². The molecule has 0 spiro atoms. The standard InChI is InChI=1S/C17H20F3N5O.BBr3/c1-10-15(13-6-5-11(17(18,19)20)8-14(13)26-2)24-25-16(23-10)22-9-12-4-3-7-21-12;2-1(3)4/h5-6,8,12,21H,3-4,7,9H2,1-2H3,(H,22,23,25);/t12-;/m0./s1. The van der Waals surface area contributed by atoms with Crippen LogP contribution in [0.5, 0.6) is 5.75 Å². The monoisotopic (exact) mass is 615 g/mol. The van der Waals surface area contributed by atoms with Crippen LogP contribution in [0, 0.1) is 6.92 Å². The Balaban J connectivity index is 0.000000735. The zero-order valence-electron chi connectivity index (χ0n) is 16.2. The maximum Gasteiger partial charge on any atom is 0.416 e. The summed E-state index contributed by atoms with van der Waals surface area (Å²) in [6.07, 6.45) is -2.19. The number of anilines is 1. The van der Waals surface area contributed by atoms with E-state index in [0.29, 0.717) is 35.5 Å². The van der Waals surface area contributed by atoms with Crippen molar-refractivity contribution in [1.29, 1.82) is 0 Å². The molecule has 1 aliphatic heterocycles. The molecule has 1 aromatic carbocycles. The van der Waals surface area contributed by atoms with Crippen LogP contribution in [-0.4, -0.2) is 44.6 Å². The molecule has 0 unspecified atom stereocenters. The van der Waals surface area contributed by atoms with Crippen molar-refractivity contribution in [2.45, 2.75) is 32.0 Å². The number of ether oxygens (including phenoxy) is 1. The number of nitrogens with zero attached hydrogens (tertiary/aromatic N) is 3. The third-order valence-corrected chi connectivity index (χ3v) is 4.31. The Morgan fingerprint density at radius 3 is 2.50 bits per heavy atom. The molecule has 6 nitrogen and oxygen atoms in total. The normalized spacial score (nSPS) is 15.9. The van der Waals surface area contributed by atoms with Crippen LogP contribution in [0.1, 0.15) is 24.1 Å². The number of hydrogen-bond acceptors (Lipinski definition) is 6. The van der Waals surface area contributed by atoms with Crippen molar-refractivity contribution in [2.24, 2.45) is 0 Å². The fourth-order valence-electron chi connectivity index (χ4n) is 2.94. The SMILES string of the molecule is BrB(Br)Br.COc1cc(C(F)(F)F)ccc1-c1nnc(NC[C@@H]2CCCN2)nc1C. The Hall–Kier alpha value is -0.915. The minimum absolute atomic E-state index is 0.0786. The Bertz CT molecular complexity index is 836. The summed E-state index contributed by atoms with van der Waals surface area (Å²) >= 11 is 9.31. The molecule has 0 aliphatic carbocycles. The summed E-state index contributed by atoms with van der Waals surface area (Å²) in [5, 5.41) is 14.7. The van der Waals surface area contributed by atoms with E-state index in [9.17, 15) is 13.2 Å². The van der Waals surface area contributed by atoms with Gasteiger partial charge in [0.1, 0.15) is 11.4 Å². The molecule has 2 heterocycles. The van der Waals surface area contributed by atoms with Crippen molar-refractivity contribution in [3.63, 3.8) is 0 Å². The van der Waals surface area contributed by atoms with Gasteiger partial charge >= 0.3 is 9.36 Å². The second-order valence-electron chi connectivity index (χ2n) is 6.40. The predicted octanol–water partition coefficient (Wildman–Crippen LogP) is 5.19. The Morgan fingerprint density at radius 2 is 1.97 bits per heavy atom. The number of nitrogens with one attached hydrogen (secondary N) is 2. The molecule has 0 radical (unpaired) electrons. The first-order valence-corrected chi connectivity index (χ1v) is 11.7. The molecule has 1 fully saturated rings. The summed E-state index contributed by atoms with van der Waals surface area (Å²) in [6.45, 7) is 3.45. The molecular weight excluding hydrogens is 598 g/mol. The fourth-order valence-corrected chi connectivity index (χ4v) is 2.94. The lowest BCUT2D eigenvalue weighted by molar-refractivity contribution is -0.137. The van der Waals surface area contributed by atoms with Gasteiger partial charge in [-0.15, -0.1) is 57.5 Å². The molecule has 1 saturated heterocycles. The van der Waals surface area contributed by atoms with E-state index in [0.717, 1.165) is 31.5 Å². The largest absolute Gasteiger partial charge is 0.496 e. The van der Waals surface area contributed by atoms with E-state index in [2.05, 4.69) is 73.1 Å². The minimum atomic E-state index is -4.44. The summed E-state index contributed by atoms with van der Waals surface area (Å²) in [6, 6.07) is 3.66. The van der Waals surface area contributed by atoms with Gasteiger partial charge in [0.25, 0.3) is 0 Å². The molecule has 0 amide bonds. The molecule has 13 heteroatoms. The first-order valence-electron chi connectivity index (χ1n) is 8.98. The number of halogens is 6. The number of aromatic nitrogens is 3. The lowest BCUT2D eigenvalue weighted by Gasteiger charge is -2.14. The third-order valence-electron chi connectivity index (χ3n) is 4.31. The average molecular weight is 618 g/mol. The van der Waals surface area contributed by atoms with Crippen LogP contribution in [0.25, 0.3) is 11.3 Å². The van der Waals surface area contributed by atoms with Crippen LogP contribution in [-0.2, 0) is 6.18 Å². The highest BCUT2D eigenvalue weighted by Gasteiger charge is 2.31. The van der Waals surface area contributed by atoms with Gasteiger partial charge in [-0.05, 0) is 44.5 Å². The molecule has 1 aliphatic rings. The van der Waals surface area contributed by atoms with Crippen LogP contribution >= 0.6 is 47.3 Å². The van der Waals surface area contributed by atoms with E-state index in [1.807, 2.05) is 0 Å². The van der Waals surface area contributed by atoms with E-state index in [1.165, 1.54) is 13.2 Å². The summed E-state index contributed by atoms with van der Waals surface area (Å²) in [5.74, 6) is 0.473. The number of aryl methyl sites for hydroxylation is 1. The van der Waals surface area contributed by atoms with Gasteiger partial charge < -0.3 is 15.4 Å². The maximum absolute atomic E-state index is 12.9. The molecule has 1 aromatic heterocycles. The Morgan fingerprint density at radius 1 is 1.27 bits per heavy atom. The summed E-state index contributed by atoms with van der Waals surface area (Å²) in [5.41, 5.74) is 0.584. The number of methoxy groups -OCH3 is 1. The van der Waals surface area contributed by atoms with Crippen LogP contribution in [0.4, 0.5) is 19.1 Å². The number of benzene rings is 1. The van der Waals surface area contributed by atoms with Crippen molar-refractivity contribution in [2.75, 3.05) is 25.5 Å². The molecule has 3 rings (SSSR count). The molecular formula is C17H20BBr3F3N5O. The van der Waals surface area contributed by atoms with Crippen molar-refractivity contribution in [1.82, 2.24) is 20.5 Å². The van der Waals surface area contributed by atoms with Gasteiger partial charge in [0.05, 0.1) is 18.4 Å². The highest BCUT2D eigenvalue weighted by molar-refractivity contribution is 9.69. The van der Waals surface area contributed by atoms with Crippen LogP contribution in [0.3, 0.4) is 0 Å². The molecule has 2 N–H and O–H groups in total. The van der Waals surface area contributed by atoms with Crippen molar-refractivity contribution in [3.05, 3.63) is 29.5 Å². The van der Waals surface area contributed by atoms with Crippen LogP contribution in [0.15, 0.2) is 18.2 Å². The molecule has 164 valence electrons. The van der Waals surface area contributed by atoms with Gasteiger partial charge in [-0.25, -0.2) is 4.98 Å². The Kier molecular flexibility index (Phi) is 9.83. The average Bonchev–Trinajstić information content (AvgIpc) is 3.18. The third kappa shape index (κ3) is 7.65. The minimum Gasteiger partial charge on any atom is -0.496 e. The van der Waals surface area contributed by atoms with Crippen LogP contribution in [0.2, 0.25) is 0 Å². The Labute approximate surface area is 198 Å². The smallest absolute Gasteiger partial charge is 0.416 e. The molecule has 0 saturated carbocycles. The number of rotatable bonds is 5. The molecule has 2 aromatic rings. The summed E-state index contributed by atoms with van der Waals surface area (Å²) in [7, 11) is 1.32. The van der Waals surface area contributed by atoms with Gasteiger partial charge in [0, 0.05) is 18.2 Å². The number of alkyl halides is 3. The van der Waals surface area contributed by atoms with Gasteiger partial charge in [0.2, 0.25) is 5.95 Å². The van der Waals surface area contributed by atoms with E-state index in [1.54, 1.807) is 6.92 Å². The maximum atomic E-state index is 12.9. The summed E-state index contributed by atoms with van der Waals surface area (Å²) in [4.78, 5) is 4.37. The quantitative estimate of drug-likeness (QED) is 0.450. The first kappa shape index (κ1) is 25.3. The van der Waals surface area contributed by atoms with E-state index in [-0.39, 0.29) is 8.93 Å². The highest BCUT2D eigenvalue weighted by Crippen LogP contribution is 2.37. The van der Waals surface area contributed by atoms with Crippen molar-refractivity contribution < 1.29 is 17.9 Å². The van der Waals surface area contributed by atoms with Gasteiger partial charge in [-0.3, -0.25) is 0 Å². The fraction of sp³-hybridized carbons (Fsp3) is 0.471. The summed E-state index contributed by atoms with van der Waals surface area (Å²) < 4.78 is 44.0. The lowest BCUT2D eigenvalue weighted by Crippen LogP contribution is -2.30. The zero-order chi connectivity index (χ0) is 22.3. The lowest BCUT2D eigenvalue weighted by atomic mass is 10.1. The van der Waals surface area contributed by atoms with Crippen LogP contribution < -0.4 is 15.4 Å².